The van der Waals surface area contributed by atoms with Gasteiger partial charge in [-0.15, -0.1) is 0 Å². The van der Waals surface area contributed by atoms with Crippen molar-refractivity contribution >= 4 is 0 Å². The first-order valence-corrected chi connectivity index (χ1v) is 9.54. The topological polar surface area (TPSA) is 104 Å². The molecule has 0 aliphatic carbocycles. The number of nitrogens with one attached hydrogen (secondary N) is 1. The lowest BCUT2D eigenvalue weighted by atomic mass is 10.0. The highest BCUT2D eigenvalue weighted by atomic mass is 16.5. The Labute approximate surface area is 167 Å². The van der Waals surface area contributed by atoms with E-state index in [2.05, 4.69) is 25.0 Å². The molecule has 148 valence electrons. The number of nitrogens with zero attached hydrogens (tertiary/aromatic N) is 4. The van der Waals surface area contributed by atoms with Crippen LogP contribution in [0.25, 0.3) is 11.4 Å². The Morgan fingerprint density at radius 2 is 2.14 bits per heavy atom. The molecule has 8 nitrogen and oxygen atoms in total. The third kappa shape index (κ3) is 3.48. The van der Waals surface area contributed by atoms with Crippen molar-refractivity contribution in [2.75, 3.05) is 0 Å². The Kier molecular flexibility index (Phi) is 4.49. The van der Waals surface area contributed by atoms with Gasteiger partial charge < -0.3 is 19.0 Å². The van der Waals surface area contributed by atoms with Crippen molar-refractivity contribution in [3.05, 3.63) is 77.1 Å². The van der Waals surface area contributed by atoms with Crippen molar-refractivity contribution < 1.29 is 14.0 Å². The Hall–Kier alpha value is -3.23. The first kappa shape index (κ1) is 17.8. The quantitative estimate of drug-likeness (QED) is 0.538. The number of aromatic nitrogens is 4. The van der Waals surface area contributed by atoms with Crippen molar-refractivity contribution in [1.82, 2.24) is 25.0 Å². The van der Waals surface area contributed by atoms with E-state index in [-0.39, 0.29) is 12.6 Å². The van der Waals surface area contributed by atoms with Crippen LogP contribution < -0.4 is 0 Å². The number of aromatic amines is 1. The van der Waals surface area contributed by atoms with E-state index in [0.29, 0.717) is 37.0 Å². The minimum absolute atomic E-state index is 0.112. The number of rotatable bonds is 5. The van der Waals surface area contributed by atoms with Gasteiger partial charge in [0.05, 0.1) is 30.3 Å². The minimum Gasteiger partial charge on any atom is -0.462 e. The van der Waals surface area contributed by atoms with Gasteiger partial charge in [-0.2, -0.15) is 4.98 Å². The molecule has 5 rings (SSSR count). The van der Waals surface area contributed by atoms with Gasteiger partial charge >= 0.3 is 0 Å². The molecule has 2 N–H and O–H groups in total. The van der Waals surface area contributed by atoms with Gasteiger partial charge in [-0.1, -0.05) is 28.9 Å². The normalized spacial score (nSPS) is 16.8. The number of furan rings is 1. The molecule has 0 radical (unpaired) electrons. The molecule has 0 saturated carbocycles. The number of aliphatic hydroxyl groups is 1. The summed E-state index contributed by atoms with van der Waals surface area (Å²) in [5.41, 5.74) is 4.17. The zero-order chi connectivity index (χ0) is 19.8. The van der Waals surface area contributed by atoms with Gasteiger partial charge in [0.15, 0.2) is 0 Å². The molecule has 0 unspecified atom stereocenters. The lowest BCUT2D eigenvalue weighted by molar-refractivity contribution is 0.117. The highest BCUT2D eigenvalue weighted by molar-refractivity contribution is 5.55. The van der Waals surface area contributed by atoms with Crippen LogP contribution in [0.2, 0.25) is 0 Å². The molecule has 3 aromatic heterocycles. The van der Waals surface area contributed by atoms with E-state index in [1.54, 1.807) is 12.4 Å². The van der Waals surface area contributed by atoms with Gasteiger partial charge in [0, 0.05) is 18.5 Å². The molecular weight excluding hydrogens is 370 g/mol. The predicted octanol–water partition coefficient (Wildman–Crippen LogP) is 3.15. The second kappa shape index (κ2) is 7.31. The van der Waals surface area contributed by atoms with Crippen molar-refractivity contribution in [2.45, 2.75) is 39.1 Å². The van der Waals surface area contributed by atoms with E-state index in [0.717, 1.165) is 28.3 Å². The second-order valence-corrected chi connectivity index (χ2v) is 7.30. The fourth-order valence-corrected chi connectivity index (χ4v) is 3.76. The maximum atomic E-state index is 9.27. The van der Waals surface area contributed by atoms with Crippen molar-refractivity contribution in [3.63, 3.8) is 0 Å². The molecule has 1 aromatic carbocycles. The molecule has 0 bridgehead atoms. The van der Waals surface area contributed by atoms with Crippen LogP contribution in [0, 0.1) is 6.92 Å². The number of fused-ring (bicyclic) bond motifs is 1. The number of aryl methyl sites for hydroxylation is 1. The van der Waals surface area contributed by atoms with Crippen LogP contribution in [-0.4, -0.2) is 30.1 Å². The number of H-pyrrole nitrogens is 1. The van der Waals surface area contributed by atoms with Gasteiger partial charge in [0.2, 0.25) is 11.7 Å². The van der Waals surface area contributed by atoms with Gasteiger partial charge in [-0.3, -0.25) is 4.90 Å². The third-order valence-corrected chi connectivity index (χ3v) is 5.23. The van der Waals surface area contributed by atoms with Crippen LogP contribution in [0.15, 0.2) is 51.7 Å². The van der Waals surface area contributed by atoms with E-state index in [1.807, 2.05) is 37.3 Å². The largest absolute Gasteiger partial charge is 0.462 e. The standard InChI is InChI=1S/C21H21N5O3/c1-13-3-2-4-14(7-13)20-24-21(29-25-20)19-8-17-18(23-12-22-17)10-26(19)9-15-5-6-16(11-27)28-15/h2-7,12,19,27H,8-11H2,1H3,(H,22,23)/t19-/m0/s1. The van der Waals surface area contributed by atoms with Crippen LogP contribution in [-0.2, 0) is 26.1 Å². The summed E-state index contributed by atoms with van der Waals surface area (Å²) in [4.78, 5) is 14.6. The van der Waals surface area contributed by atoms with Gasteiger partial charge in [-0.05, 0) is 25.1 Å². The van der Waals surface area contributed by atoms with Crippen LogP contribution >= 0.6 is 0 Å². The van der Waals surface area contributed by atoms with E-state index in [4.69, 9.17) is 8.94 Å². The lowest BCUT2D eigenvalue weighted by Gasteiger charge is -2.31. The molecule has 8 heteroatoms. The maximum Gasteiger partial charge on any atom is 0.244 e. The Morgan fingerprint density at radius 3 is 2.97 bits per heavy atom. The van der Waals surface area contributed by atoms with Crippen molar-refractivity contribution in [1.29, 1.82) is 0 Å². The lowest BCUT2D eigenvalue weighted by Crippen LogP contribution is -2.34. The summed E-state index contributed by atoms with van der Waals surface area (Å²) >= 11 is 0. The molecule has 0 fully saturated rings. The summed E-state index contributed by atoms with van der Waals surface area (Å²) in [6, 6.07) is 11.6. The van der Waals surface area contributed by atoms with Crippen LogP contribution in [0.5, 0.6) is 0 Å². The third-order valence-electron chi connectivity index (χ3n) is 5.23. The van der Waals surface area contributed by atoms with Gasteiger partial charge in [-0.25, -0.2) is 4.98 Å². The first-order chi connectivity index (χ1) is 14.2. The van der Waals surface area contributed by atoms with Crippen LogP contribution in [0.1, 0.15) is 40.4 Å². The molecule has 4 heterocycles. The summed E-state index contributed by atoms with van der Waals surface area (Å²) in [6.45, 7) is 3.15. The highest BCUT2D eigenvalue weighted by Gasteiger charge is 2.33. The number of hydrogen-bond donors (Lipinski definition) is 2. The highest BCUT2D eigenvalue weighted by Crippen LogP contribution is 2.33. The fourth-order valence-electron chi connectivity index (χ4n) is 3.76. The predicted molar refractivity (Wildman–Crippen MR) is 103 cm³/mol. The number of benzene rings is 1. The summed E-state index contributed by atoms with van der Waals surface area (Å²) in [6.07, 6.45) is 2.38. The zero-order valence-corrected chi connectivity index (χ0v) is 16.0. The van der Waals surface area contributed by atoms with E-state index in [1.165, 1.54) is 0 Å². The molecular formula is C21H21N5O3. The van der Waals surface area contributed by atoms with Crippen LogP contribution in [0.4, 0.5) is 0 Å². The fraction of sp³-hybridized carbons (Fsp3) is 0.286. The average Bonchev–Trinajstić information content (AvgIpc) is 3.47. The monoisotopic (exact) mass is 391 g/mol. The zero-order valence-electron chi connectivity index (χ0n) is 16.0. The Bertz CT molecular complexity index is 1130. The Morgan fingerprint density at radius 1 is 1.24 bits per heavy atom. The second-order valence-electron chi connectivity index (χ2n) is 7.30. The van der Waals surface area contributed by atoms with Crippen molar-refractivity contribution in [2.24, 2.45) is 0 Å². The number of aliphatic hydroxyl groups excluding tert-OH is 1. The Balaban J connectivity index is 1.46. The minimum atomic E-state index is -0.113. The van der Waals surface area contributed by atoms with E-state index < -0.39 is 0 Å². The van der Waals surface area contributed by atoms with E-state index >= 15 is 0 Å². The molecule has 1 aliphatic rings. The molecule has 1 atom stereocenters. The SMILES string of the molecule is Cc1cccc(-c2noc([C@@H]3Cc4nc[nH]c4CN3Cc3ccc(CO)o3)n2)c1. The maximum absolute atomic E-state index is 9.27. The number of hydrogen-bond acceptors (Lipinski definition) is 7. The number of imidazole rings is 1. The van der Waals surface area contributed by atoms with Gasteiger partial charge in [0.1, 0.15) is 18.1 Å². The summed E-state index contributed by atoms with van der Waals surface area (Å²) < 4.78 is 11.4. The smallest absolute Gasteiger partial charge is 0.244 e. The molecule has 29 heavy (non-hydrogen) atoms. The van der Waals surface area contributed by atoms with Crippen LogP contribution in [0.3, 0.4) is 0 Å². The average molecular weight is 391 g/mol. The molecule has 1 aliphatic heterocycles. The molecule has 0 spiro atoms. The first-order valence-electron chi connectivity index (χ1n) is 9.54. The molecule has 0 amide bonds. The molecule has 0 saturated heterocycles. The summed E-state index contributed by atoms with van der Waals surface area (Å²) in [5.74, 6) is 2.47. The molecule has 4 aromatic rings. The van der Waals surface area contributed by atoms with Gasteiger partial charge in [0.25, 0.3) is 0 Å². The van der Waals surface area contributed by atoms with Crippen molar-refractivity contribution in [3.8, 4) is 11.4 Å². The summed E-state index contributed by atoms with van der Waals surface area (Å²) in [5, 5.41) is 13.5. The summed E-state index contributed by atoms with van der Waals surface area (Å²) in [7, 11) is 0. The van der Waals surface area contributed by atoms with E-state index in [9.17, 15) is 5.11 Å².